The zero-order valence-corrected chi connectivity index (χ0v) is 10.7. The Hall–Kier alpha value is -1.64. The third kappa shape index (κ3) is 2.61. The average Bonchev–Trinajstić information content (AvgIpc) is 2.95. The molecule has 8 heteroatoms. The molecule has 18 heavy (non-hydrogen) atoms. The Morgan fingerprint density at radius 1 is 1.56 bits per heavy atom. The molecular weight excluding hydrogens is 254 g/mol. The first-order valence-corrected chi connectivity index (χ1v) is 6.84. The quantitative estimate of drug-likeness (QED) is 0.692. The van der Waals surface area contributed by atoms with Gasteiger partial charge in [0.1, 0.15) is 5.82 Å². The predicted octanol–water partition coefficient (Wildman–Crippen LogP) is -0.315. The molecule has 0 unspecified atom stereocenters. The SMILES string of the molecule is Cn1ccnc1CNS(=O)(=O)c1c[nH]c(CN)c1. The first-order valence-electron chi connectivity index (χ1n) is 5.36. The van der Waals surface area contributed by atoms with Gasteiger partial charge < -0.3 is 15.3 Å². The van der Waals surface area contributed by atoms with Crippen LogP contribution >= 0.6 is 0 Å². The number of imidazole rings is 1. The van der Waals surface area contributed by atoms with E-state index in [4.69, 9.17) is 5.73 Å². The highest BCUT2D eigenvalue weighted by Gasteiger charge is 2.16. The second-order valence-corrected chi connectivity index (χ2v) is 5.61. The van der Waals surface area contributed by atoms with Crippen LogP contribution in [0.2, 0.25) is 0 Å². The third-order valence-electron chi connectivity index (χ3n) is 2.59. The van der Waals surface area contributed by atoms with Crippen LogP contribution in [0.3, 0.4) is 0 Å². The Morgan fingerprint density at radius 2 is 2.33 bits per heavy atom. The fourth-order valence-corrected chi connectivity index (χ4v) is 2.50. The summed E-state index contributed by atoms with van der Waals surface area (Å²) in [6.45, 7) is 0.420. The first kappa shape index (κ1) is 12.8. The fourth-order valence-electron chi connectivity index (χ4n) is 1.50. The van der Waals surface area contributed by atoms with Crippen LogP contribution in [0.15, 0.2) is 29.6 Å². The zero-order valence-electron chi connectivity index (χ0n) is 9.92. The average molecular weight is 269 g/mol. The maximum atomic E-state index is 12.0. The van der Waals surface area contributed by atoms with Gasteiger partial charge >= 0.3 is 0 Å². The largest absolute Gasteiger partial charge is 0.363 e. The van der Waals surface area contributed by atoms with E-state index >= 15 is 0 Å². The van der Waals surface area contributed by atoms with E-state index in [1.807, 2.05) is 0 Å². The molecule has 0 bridgehead atoms. The van der Waals surface area contributed by atoms with E-state index in [1.165, 1.54) is 12.3 Å². The highest BCUT2D eigenvalue weighted by Crippen LogP contribution is 2.10. The topological polar surface area (TPSA) is 106 Å². The second-order valence-electron chi connectivity index (χ2n) is 3.84. The van der Waals surface area contributed by atoms with E-state index in [-0.39, 0.29) is 18.0 Å². The number of hydrogen-bond acceptors (Lipinski definition) is 4. The van der Waals surface area contributed by atoms with Crippen molar-refractivity contribution in [3.8, 4) is 0 Å². The van der Waals surface area contributed by atoms with Gasteiger partial charge in [-0.3, -0.25) is 0 Å². The number of aryl methyl sites for hydroxylation is 1. The van der Waals surface area contributed by atoms with Crippen LogP contribution < -0.4 is 10.5 Å². The number of nitrogens with one attached hydrogen (secondary N) is 2. The van der Waals surface area contributed by atoms with Crippen LogP contribution in [-0.4, -0.2) is 23.0 Å². The zero-order chi connectivity index (χ0) is 13.2. The summed E-state index contributed by atoms with van der Waals surface area (Å²) < 4.78 is 28.2. The monoisotopic (exact) mass is 269 g/mol. The molecule has 98 valence electrons. The van der Waals surface area contributed by atoms with Crippen molar-refractivity contribution in [2.45, 2.75) is 18.0 Å². The third-order valence-corrected chi connectivity index (χ3v) is 3.97. The van der Waals surface area contributed by atoms with E-state index in [9.17, 15) is 8.42 Å². The summed E-state index contributed by atoms with van der Waals surface area (Å²) in [5.41, 5.74) is 6.09. The molecule has 0 spiro atoms. The molecule has 0 aliphatic heterocycles. The summed E-state index contributed by atoms with van der Waals surface area (Å²) in [6, 6.07) is 1.51. The van der Waals surface area contributed by atoms with E-state index in [0.29, 0.717) is 11.5 Å². The number of rotatable bonds is 5. The minimum atomic E-state index is -3.53. The summed E-state index contributed by atoms with van der Waals surface area (Å²) >= 11 is 0. The standard InChI is InChI=1S/C10H15N5O2S/c1-15-3-2-12-10(15)7-14-18(16,17)9-4-8(5-11)13-6-9/h2-4,6,13-14H,5,7,11H2,1H3. The highest BCUT2D eigenvalue weighted by molar-refractivity contribution is 7.89. The summed E-state index contributed by atoms with van der Waals surface area (Å²) in [6.07, 6.45) is 4.79. The molecule has 0 amide bonds. The lowest BCUT2D eigenvalue weighted by Gasteiger charge is -2.04. The Balaban J connectivity index is 2.10. The molecule has 7 nitrogen and oxygen atoms in total. The van der Waals surface area contributed by atoms with Gasteiger partial charge in [-0.2, -0.15) is 0 Å². The number of nitrogens with zero attached hydrogens (tertiary/aromatic N) is 2. The van der Waals surface area contributed by atoms with E-state index < -0.39 is 10.0 Å². The van der Waals surface area contributed by atoms with E-state index in [0.717, 1.165) is 0 Å². The van der Waals surface area contributed by atoms with Crippen molar-refractivity contribution < 1.29 is 8.42 Å². The van der Waals surface area contributed by atoms with Crippen molar-refractivity contribution in [3.63, 3.8) is 0 Å². The van der Waals surface area contributed by atoms with Crippen LogP contribution in [-0.2, 0) is 30.2 Å². The van der Waals surface area contributed by atoms with Crippen molar-refractivity contribution in [2.24, 2.45) is 12.8 Å². The molecule has 4 N–H and O–H groups in total. The molecule has 0 fully saturated rings. The maximum absolute atomic E-state index is 12.0. The van der Waals surface area contributed by atoms with Crippen LogP contribution in [0.5, 0.6) is 0 Å². The molecule has 0 saturated carbocycles. The number of hydrogen-bond donors (Lipinski definition) is 3. The summed E-state index contributed by atoms with van der Waals surface area (Å²) in [5, 5.41) is 0. The highest BCUT2D eigenvalue weighted by atomic mass is 32.2. The molecule has 2 rings (SSSR count). The molecular formula is C10H15N5O2S. The molecule has 2 aromatic heterocycles. The Kier molecular flexibility index (Phi) is 3.50. The van der Waals surface area contributed by atoms with Gasteiger partial charge in [-0.1, -0.05) is 0 Å². The van der Waals surface area contributed by atoms with Crippen LogP contribution in [0.4, 0.5) is 0 Å². The fraction of sp³-hybridized carbons (Fsp3) is 0.300. The lowest BCUT2D eigenvalue weighted by atomic mass is 10.4. The molecule has 0 radical (unpaired) electrons. The number of nitrogens with two attached hydrogens (primary N) is 1. The predicted molar refractivity (Wildman–Crippen MR) is 65.9 cm³/mol. The van der Waals surface area contributed by atoms with Gasteiger partial charge in [0.05, 0.1) is 11.4 Å². The molecule has 0 atom stereocenters. The molecule has 2 aromatic rings. The molecule has 0 aliphatic rings. The summed E-state index contributed by atoms with van der Waals surface area (Å²) in [5.74, 6) is 0.646. The summed E-state index contributed by atoms with van der Waals surface area (Å²) in [7, 11) is -1.73. The number of H-pyrrole nitrogens is 1. The number of aromatic nitrogens is 3. The lowest BCUT2D eigenvalue weighted by molar-refractivity contribution is 0.577. The van der Waals surface area contributed by atoms with Crippen LogP contribution in [0.1, 0.15) is 11.5 Å². The Morgan fingerprint density at radius 3 is 2.89 bits per heavy atom. The van der Waals surface area contributed by atoms with Gasteiger partial charge in [0.2, 0.25) is 10.0 Å². The van der Waals surface area contributed by atoms with E-state index in [2.05, 4.69) is 14.7 Å². The number of sulfonamides is 1. The molecule has 0 saturated heterocycles. The summed E-state index contributed by atoms with van der Waals surface area (Å²) in [4.78, 5) is 7.02. The maximum Gasteiger partial charge on any atom is 0.242 e. The minimum Gasteiger partial charge on any atom is -0.363 e. The molecule has 2 heterocycles. The van der Waals surface area contributed by atoms with Crippen LogP contribution in [0, 0.1) is 0 Å². The second kappa shape index (κ2) is 4.92. The van der Waals surface area contributed by atoms with Gasteiger partial charge in [0, 0.05) is 37.9 Å². The van der Waals surface area contributed by atoms with Crippen molar-refractivity contribution in [2.75, 3.05) is 0 Å². The first-order chi connectivity index (χ1) is 8.53. The van der Waals surface area contributed by atoms with Crippen molar-refractivity contribution in [3.05, 3.63) is 36.2 Å². The van der Waals surface area contributed by atoms with Gasteiger partial charge in [-0.25, -0.2) is 18.1 Å². The smallest absolute Gasteiger partial charge is 0.242 e. The van der Waals surface area contributed by atoms with Crippen molar-refractivity contribution in [1.82, 2.24) is 19.3 Å². The van der Waals surface area contributed by atoms with Crippen molar-refractivity contribution >= 4 is 10.0 Å². The van der Waals surface area contributed by atoms with Crippen LogP contribution in [0.25, 0.3) is 0 Å². The Labute approximate surface area is 105 Å². The van der Waals surface area contributed by atoms with Crippen molar-refractivity contribution in [1.29, 1.82) is 0 Å². The van der Waals surface area contributed by atoms with Gasteiger partial charge in [-0.15, -0.1) is 0 Å². The van der Waals surface area contributed by atoms with Gasteiger partial charge in [0.15, 0.2) is 0 Å². The van der Waals surface area contributed by atoms with Gasteiger partial charge in [-0.05, 0) is 6.07 Å². The van der Waals surface area contributed by atoms with Gasteiger partial charge in [0.25, 0.3) is 0 Å². The molecule has 0 aliphatic carbocycles. The Bertz CT molecular complexity index is 628. The minimum absolute atomic E-state index is 0.148. The molecule has 0 aromatic carbocycles. The van der Waals surface area contributed by atoms with E-state index in [1.54, 1.807) is 24.0 Å². The number of aromatic amines is 1. The normalized spacial score (nSPS) is 11.9. The lowest BCUT2D eigenvalue weighted by Crippen LogP contribution is -2.24.